The van der Waals surface area contributed by atoms with E-state index in [2.05, 4.69) is 17.9 Å². The van der Waals surface area contributed by atoms with Crippen molar-refractivity contribution >= 4 is 28.9 Å². The van der Waals surface area contributed by atoms with E-state index in [0.29, 0.717) is 11.9 Å². The third-order valence-corrected chi connectivity index (χ3v) is 4.41. The second kappa shape index (κ2) is 6.68. The van der Waals surface area contributed by atoms with E-state index in [4.69, 9.17) is 23.2 Å². The van der Waals surface area contributed by atoms with Crippen LogP contribution in [-0.2, 0) is 5.88 Å². The fourth-order valence-corrected chi connectivity index (χ4v) is 3.49. The summed E-state index contributed by atoms with van der Waals surface area (Å²) in [6.07, 6.45) is 6.40. The molecule has 3 heteroatoms. The highest BCUT2D eigenvalue weighted by Gasteiger charge is 2.24. The molecule has 100 valence electrons. The minimum Gasteiger partial charge on any atom is -0.368 e. The minimum atomic E-state index is 0.490. The highest BCUT2D eigenvalue weighted by Crippen LogP contribution is 2.34. The quantitative estimate of drug-likeness (QED) is 0.684. The first-order valence-electron chi connectivity index (χ1n) is 6.88. The van der Waals surface area contributed by atoms with Crippen molar-refractivity contribution in [2.75, 3.05) is 11.4 Å². The molecule has 1 aromatic carbocycles. The summed E-state index contributed by atoms with van der Waals surface area (Å²) < 4.78 is 0. The van der Waals surface area contributed by atoms with Crippen molar-refractivity contribution < 1.29 is 0 Å². The van der Waals surface area contributed by atoms with Crippen LogP contribution in [0.3, 0.4) is 0 Å². The summed E-state index contributed by atoms with van der Waals surface area (Å²) in [4.78, 5) is 2.52. The van der Waals surface area contributed by atoms with Crippen LogP contribution in [0.2, 0.25) is 5.02 Å². The van der Waals surface area contributed by atoms with Gasteiger partial charge in [0.25, 0.3) is 0 Å². The zero-order valence-corrected chi connectivity index (χ0v) is 12.5. The number of alkyl halides is 1. The van der Waals surface area contributed by atoms with Gasteiger partial charge < -0.3 is 4.90 Å². The standard InChI is InChI=1S/C15H21Cl2N/c1-2-6-12-7-3-4-10-18(12)15-9-5-8-14(17)13(15)11-16/h5,8-9,12H,2-4,6-7,10-11H2,1H3. The van der Waals surface area contributed by atoms with Crippen molar-refractivity contribution in [1.29, 1.82) is 0 Å². The van der Waals surface area contributed by atoms with Crippen molar-refractivity contribution in [1.82, 2.24) is 0 Å². The van der Waals surface area contributed by atoms with Gasteiger partial charge >= 0.3 is 0 Å². The maximum Gasteiger partial charge on any atom is 0.0509 e. The Balaban J connectivity index is 2.30. The first-order chi connectivity index (χ1) is 8.77. The maximum atomic E-state index is 6.26. The van der Waals surface area contributed by atoms with Crippen LogP contribution >= 0.6 is 23.2 Å². The van der Waals surface area contributed by atoms with Gasteiger partial charge in [0.05, 0.1) is 5.88 Å². The van der Waals surface area contributed by atoms with Gasteiger partial charge in [-0.1, -0.05) is 31.0 Å². The predicted octanol–water partition coefficient (Wildman–Crippen LogP) is 5.24. The molecule has 0 saturated carbocycles. The Kier molecular flexibility index (Phi) is 5.20. The van der Waals surface area contributed by atoms with Crippen molar-refractivity contribution in [2.45, 2.75) is 50.9 Å². The molecule has 18 heavy (non-hydrogen) atoms. The molecule has 1 aliphatic rings. The molecule has 1 fully saturated rings. The zero-order valence-electron chi connectivity index (χ0n) is 11.0. The van der Waals surface area contributed by atoms with Crippen LogP contribution < -0.4 is 4.90 Å². The molecule has 0 aromatic heterocycles. The highest BCUT2D eigenvalue weighted by atomic mass is 35.5. The van der Waals surface area contributed by atoms with E-state index in [0.717, 1.165) is 17.1 Å². The third-order valence-electron chi connectivity index (χ3n) is 3.79. The highest BCUT2D eigenvalue weighted by molar-refractivity contribution is 6.32. The normalized spacial score (nSPS) is 20.2. The molecular formula is C15H21Cl2N. The molecule has 1 aliphatic heterocycles. The molecule has 0 radical (unpaired) electrons. The molecule has 0 spiro atoms. The van der Waals surface area contributed by atoms with E-state index >= 15 is 0 Å². The van der Waals surface area contributed by atoms with Gasteiger partial charge in [-0.25, -0.2) is 0 Å². The Morgan fingerprint density at radius 2 is 2.17 bits per heavy atom. The van der Waals surface area contributed by atoms with E-state index in [1.165, 1.54) is 37.8 Å². The zero-order chi connectivity index (χ0) is 13.0. The smallest absolute Gasteiger partial charge is 0.0509 e. The molecule has 1 atom stereocenters. The van der Waals surface area contributed by atoms with Gasteiger partial charge in [-0.2, -0.15) is 0 Å². The topological polar surface area (TPSA) is 3.24 Å². The number of hydrogen-bond acceptors (Lipinski definition) is 1. The van der Waals surface area contributed by atoms with Crippen LogP contribution in [0.1, 0.15) is 44.6 Å². The van der Waals surface area contributed by atoms with Crippen molar-refractivity contribution in [3.63, 3.8) is 0 Å². The summed E-state index contributed by atoms with van der Waals surface area (Å²) in [5, 5.41) is 0.795. The second-order valence-electron chi connectivity index (χ2n) is 5.00. The molecule has 0 amide bonds. The Morgan fingerprint density at radius 1 is 1.33 bits per heavy atom. The van der Waals surface area contributed by atoms with Gasteiger partial charge in [0.1, 0.15) is 0 Å². The van der Waals surface area contributed by atoms with E-state index in [1.54, 1.807) is 0 Å². The van der Waals surface area contributed by atoms with Crippen molar-refractivity contribution in [3.8, 4) is 0 Å². The van der Waals surface area contributed by atoms with Crippen LogP contribution in [0.15, 0.2) is 18.2 Å². The number of rotatable bonds is 4. The van der Waals surface area contributed by atoms with Gasteiger partial charge in [-0.05, 0) is 37.8 Å². The lowest BCUT2D eigenvalue weighted by molar-refractivity contribution is 0.434. The molecule has 0 aliphatic carbocycles. The summed E-state index contributed by atoms with van der Waals surface area (Å²) in [5.74, 6) is 0.490. The minimum absolute atomic E-state index is 0.490. The Labute approximate surface area is 120 Å². The fraction of sp³-hybridized carbons (Fsp3) is 0.600. The number of halogens is 2. The Hall–Kier alpha value is -0.400. The molecule has 1 heterocycles. The van der Waals surface area contributed by atoms with Crippen LogP contribution in [-0.4, -0.2) is 12.6 Å². The van der Waals surface area contributed by atoms with Crippen LogP contribution in [0.25, 0.3) is 0 Å². The molecular weight excluding hydrogens is 265 g/mol. The Bertz CT molecular complexity index is 390. The van der Waals surface area contributed by atoms with Gasteiger partial charge in [0.15, 0.2) is 0 Å². The van der Waals surface area contributed by atoms with E-state index in [-0.39, 0.29) is 0 Å². The summed E-state index contributed by atoms with van der Waals surface area (Å²) in [5.41, 5.74) is 2.33. The van der Waals surface area contributed by atoms with Gasteiger partial charge in [-0.3, -0.25) is 0 Å². The lowest BCUT2D eigenvalue weighted by Crippen LogP contribution is -2.40. The second-order valence-corrected chi connectivity index (χ2v) is 5.68. The first-order valence-corrected chi connectivity index (χ1v) is 7.79. The van der Waals surface area contributed by atoms with Crippen LogP contribution in [0.4, 0.5) is 5.69 Å². The molecule has 0 N–H and O–H groups in total. The summed E-state index contributed by atoms with van der Waals surface area (Å²) in [6, 6.07) is 6.79. The average molecular weight is 286 g/mol. The molecule has 1 nitrogen and oxygen atoms in total. The predicted molar refractivity (Wildman–Crippen MR) is 80.9 cm³/mol. The number of piperidine rings is 1. The van der Waals surface area contributed by atoms with Gasteiger partial charge in [-0.15, -0.1) is 11.6 Å². The number of nitrogens with zero attached hydrogens (tertiary/aromatic N) is 1. The number of hydrogen-bond donors (Lipinski definition) is 0. The maximum absolute atomic E-state index is 6.26. The fourth-order valence-electron chi connectivity index (χ4n) is 2.90. The SMILES string of the molecule is CCCC1CCCCN1c1cccc(Cl)c1CCl. The molecule has 1 saturated heterocycles. The van der Waals surface area contributed by atoms with Crippen molar-refractivity contribution in [2.24, 2.45) is 0 Å². The summed E-state index contributed by atoms with van der Waals surface area (Å²) >= 11 is 12.3. The van der Waals surface area contributed by atoms with Crippen LogP contribution in [0, 0.1) is 0 Å². The van der Waals surface area contributed by atoms with Crippen LogP contribution in [0.5, 0.6) is 0 Å². The monoisotopic (exact) mass is 285 g/mol. The van der Waals surface area contributed by atoms with Crippen molar-refractivity contribution in [3.05, 3.63) is 28.8 Å². The molecule has 2 rings (SSSR count). The molecule has 1 unspecified atom stereocenters. The molecule has 0 bridgehead atoms. The largest absolute Gasteiger partial charge is 0.368 e. The lowest BCUT2D eigenvalue weighted by atomic mass is 9.96. The van der Waals surface area contributed by atoms with Gasteiger partial charge in [0, 0.05) is 28.9 Å². The Morgan fingerprint density at radius 3 is 2.89 bits per heavy atom. The number of benzene rings is 1. The first kappa shape index (κ1) is 14.0. The lowest BCUT2D eigenvalue weighted by Gasteiger charge is -2.38. The summed E-state index contributed by atoms with van der Waals surface area (Å²) in [7, 11) is 0. The third kappa shape index (κ3) is 2.95. The number of anilines is 1. The van der Waals surface area contributed by atoms with E-state index < -0.39 is 0 Å². The van der Waals surface area contributed by atoms with Gasteiger partial charge in [0.2, 0.25) is 0 Å². The average Bonchev–Trinajstić information content (AvgIpc) is 2.39. The molecule has 1 aromatic rings. The van der Waals surface area contributed by atoms with E-state index in [1.807, 2.05) is 12.1 Å². The summed E-state index contributed by atoms with van der Waals surface area (Å²) in [6.45, 7) is 3.39. The van der Waals surface area contributed by atoms with E-state index in [9.17, 15) is 0 Å².